The van der Waals surface area contributed by atoms with E-state index in [9.17, 15) is 14.9 Å². The molecule has 0 atom stereocenters. The van der Waals surface area contributed by atoms with Crippen molar-refractivity contribution in [3.8, 4) is 5.75 Å². The number of carbonyl (C=O) groups is 1. The zero-order chi connectivity index (χ0) is 21.5. The van der Waals surface area contributed by atoms with Gasteiger partial charge in [-0.3, -0.25) is 14.9 Å². The maximum atomic E-state index is 12.7. The molecule has 3 aromatic rings. The van der Waals surface area contributed by atoms with Crippen molar-refractivity contribution in [2.75, 3.05) is 12.4 Å². The lowest BCUT2D eigenvalue weighted by Gasteiger charge is -2.14. The second-order valence-corrected chi connectivity index (χ2v) is 6.82. The highest BCUT2D eigenvalue weighted by atomic mass is 16.6. The van der Waals surface area contributed by atoms with Crippen molar-refractivity contribution in [2.45, 2.75) is 20.0 Å². The second kappa shape index (κ2) is 9.56. The zero-order valence-corrected chi connectivity index (χ0v) is 16.8. The Labute approximate surface area is 174 Å². The third-order valence-electron chi connectivity index (χ3n) is 4.69. The van der Waals surface area contributed by atoms with E-state index >= 15 is 0 Å². The molecule has 0 bridgehead atoms. The number of anilines is 1. The fourth-order valence-electron chi connectivity index (χ4n) is 3.03. The molecule has 0 saturated carbocycles. The third kappa shape index (κ3) is 5.14. The lowest BCUT2D eigenvalue weighted by atomic mass is 10.1. The molecule has 0 spiro atoms. The van der Waals surface area contributed by atoms with E-state index in [2.05, 4.69) is 10.6 Å². The van der Waals surface area contributed by atoms with Gasteiger partial charge in [-0.25, -0.2) is 0 Å². The van der Waals surface area contributed by atoms with E-state index in [0.29, 0.717) is 29.1 Å². The predicted octanol–water partition coefficient (Wildman–Crippen LogP) is 4.45. The van der Waals surface area contributed by atoms with Crippen molar-refractivity contribution >= 4 is 17.3 Å². The minimum absolute atomic E-state index is 0.0169. The van der Waals surface area contributed by atoms with Crippen molar-refractivity contribution in [2.24, 2.45) is 0 Å². The van der Waals surface area contributed by atoms with Crippen molar-refractivity contribution < 1.29 is 14.5 Å². The molecule has 0 unspecified atom stereocenters. The standard InChI is InChI=1S/C23H23N3O4/c1-16-7-9-17(10-8-16)14-25-23(27)20-5-3-4-6-21(20)24-15-18-13-19(26(28)29)11-12-22(18)30-2/h3-13,24H,14-15H2,1-2H3,(H,25,27). The molecule has 0 aliphatic heterocycles. The van der Waals surface area contributed by atoms with Gasteiger partial charge in [-0.1, -0.05) is 42.0 Å². The molecule has 0 heterocycles. The number of ether oxygens (including phenoxy) is 1. The van der Waals surface area contributed by atoms with Crippen LogP contribution in [0.3, 0.4) is 0 Å². The number of rotatable bonds is 8. The molecule has 0 aliphatic carbocycles. The van der Waals surface area contributed by atoms with E-state index in [1.807, 2.05) is 37.3 Å². The van der Waals surface area contributed by atoms with Crippen LogP contribution in [0.15, 0.2) is 66.7 Å². The van der Waals surface area contributed by atoms with E-state index < -0.39 is 4.92 Å². The fourth-order valence-corrected chi connectivity index (χ4v) is 3.03. The fraction of sp³-hybridized carbons (Fsp3) is 0.174. The lowest BCUT2D eigenvalue weighted by Crippen LogP contribution is -2.24. The number of hydrogen-bond acceptors (Lipinski definition) is 5. The summed E-state index contributed by atoms with van der Waals surface area (Å²) in [5, 5.41) is 17.2. The number of amides is 1. The summed E-state index contributed by atoms with van der Waals surface area (Å²) >= 11 is 0. The van der Waals surface area contributed by atoms with E-state index in [1.165, 1.54) is 19.2 Å². The number of carbonyl (C=O) groups excluding carboxylic acids is 1. The number of non-ortho nitro benzene ring substituents is 1. The maximum Gasteiger partial charge on any atom is 0.270 e. The van der Waals surface area contributed by atoms with Gasteiger partial charge in [0.25, 0.3) is 11.6 Å². The van der Waals surface area contributed by atoms with Crippen LogP contribution >= 0.6 is 0 Å². The predicted molar refractivity (Wildman–Crippen MR) is 116 cm³/mol. The maximum absolute atomic E-state index is 12.7. The Balaban J connectivity index is 1.72. The first-order valence-electron chi connectivity index (χ1n) is 9.46. The zero-order valence-electron chi connectivity index (χ0n) is 16.8. The monoisotopic (exact) mass is 405 g/mol. The summed E-state index contributed by atoms with van der Waals surface area (Å²) in [4.78, 5) is 23.3. The molecule has 3 aromatic carbocycles. The first-order chi connectivity index (χ1) is 14.5. The summed E-state index contributed by atoms with van der Waals surface area (Å²) in [5.41, 5.74) is 3.91. The molecule has 0 radical (unpaired) electrons. The van der Waals surface area contributed by atoms with Crippen molar-refractivity contribution in [1.29, 1.82) is 0 Å². The Bertz CT molecular complexity index is 1050. The van der Waals surface area contributed by atoms with E-state index in [4.69, 9.17) is 4.74 Å². The van der Waals surface area contributed by atoms with Crippen LogP contribution in [-0.4, -0.2) is 17.9 Å². The molecule has 0 aromatic heterocycles. The average Bonchev–Trinajstić information content (AvgIpc) is 2.77. The average molecular weight is 405 g/mol. The van der Waals surface area contributed by atoms with Gasteiger partial charge in [-0.15, -0.1) is 0 Å². The van der Waals surface area contributed by atoms with Gasteiger partial charge in [-0.2, -0.15) is 0 Å². The SMILES string of the molecule is COc1ccc([N+](=O)[O-])cc1CNc1ccccc1C(=O)NCc1ccc(C)cc1. The van der Waals surface area contributed by atoms with Gasteiger partial charge in [0, 0.05) is 36.5 Å². The first kappa shape index (κ1) is 20.9. The number of benzene rings is 3. The van der Waals surface area contributed by atoms with Crippen LogP contribution in [0.5, 0.6) is 5.75 Å². The largest absolute Gasteiger partial charge is 0.496 e. The van der Waals surface area contributed by atoms with Crippen LogP contribution in [0, 0.1) is 17.0 Å². The summed E-state index contributed by atoms with van der Waals surface area (Å²) in [7, 11) is 1.51. The summed E-state index contributed by atoms with van der Waals surface area (Å²) in [6.07, 6.45) is 0. The molecule has 0 aliphatic rings. The number of para-hydroxylation sites is 1. The molecule has 1 amide bonds. The Kier molecular flexibility index (Phi) is 6.64. The number of nitrogens with one attached hydrogen (secondary N) is 2. The van der Waals surface area contributed by atoms with Crippen LogP contribution in [0.4, 0.5) is 11.4 Å². The number of aryl methyl sites for hydroxylation is 1. The van der Waals surface area contributed by atoms with E-state index in [0.717, 1.165) is 11.1 Å². The summed E-state index contributed by atoms with van der Waals surface area (Å²) < 4.78 is 5.30. The molecule has 3 rings (SSSR count). The molecule has 0 saturated heterocycles. The summed E-state index contributed by atoms with van der Waals surface area (Å²) in [5.74, 6) is 0.332. The Hall–Kier alpha value is -3.87. The summed E-state index contributed by atoms with van der Waals surface area (Å²) in [6, 6.07) is 19.5. The van der Waals surface area contributed by atoms with Crippen LogP contribution in [-0.2, 0) is 13.1 Å². The number of nitro groups is 1. The number of nitro benzene ring substituents is 1. The highest BCUT2D eigenvalue weighted by Crippen LogP contribution is 2.25. The van der Waals surface area contributed by atoms with Crippen LogP contribution < -0.4 is 15.4 Å². The third-order valence-corrected chi connectivity index (χ3v) is 4.69. The number of hydrogen-bond donors (Lipinski definition) is 2. The smallest absolute Gasteiger partial charge is 0.270 e. The molecule has 2 N–H and O–H groups in total. The molecule has 0 fully saturated rings. The molecule has 154 valence electrons. The highest BCUT2D eigenvalue weighted by Gasteiger charge is 2.14. The minimum Gasteiger partial charge on any atom is -0.496 e. The van der Waals surface area contributed by atoms with Gasteiger partial charge in [0.1, 0.15) is 5.75 Å². The Morgan fingerprint density at radius 3 is 2.47 bits per heavy atom. The van der Waals surface area contributed by atoms with Crippen molar-refractivity contribution in [3.63, 3.8) is 0 Å². The quantitative estimate of drug-likeness (QED) is 0.426. The molecule has 7 heteroatoms. The first-order valence-corrected chi connectivity index (χ1v) is 9.46. The minimum atomic E-state index is -0.449. The van der Waals surface area contributed by atoms with Crippen molar-refractivity contribution in [3.05, 3.63) is 99.1 Å². The van der Waals surface area contributed by atoms with Crippen LogP contribution in [0.1, 0.15) is 27.0 Å². The Morgan fingerprint density at radius 2 is 1.77 bits per heavy atom. The van der Waals surface area contributed by atoms with E-state index in [-0.39, 0.29) is 18.1 Å². The molecule has 30 heavy (non-hydrogen) atoms. The van der Waals surface area contributed by atoms with Crippen molar-refractivity contribution in [1.82, 2.24) is 5.32 Å². The topological polar surface area (TPSA) is 93.5 Å². The summed E-state index contributed by atoms with van der Waals surface area (Å²) in [6.45, 7) is 2.71. The van der Waals surface area contributed by atoms with Gasteiger partial charge < -0.3 is 15.4 Å². The Morgan fingerprint density at radius 1 is 1.03 bits per heavy atom. The van der Waals surface area contributed by atoms with E-state index in [1.54, 1.807) is 24.3 Å². The molecule has 7 nitrogen and oxygen atoms in total. The van der Waals surface area contributed by atoms with Gasteiger partial charge in [0.15, 0.2) is 0 Å². The second-order valence-electron chi connectivity index (χ2n) is 6.82. The van der Waals surface area contributed by atoms with Crippen LogP contribution in [0.25, 0.3) is 0 Å². The number of methoxy groups -OCH3 is 1. The lowest BCUT2D eigenvalue weighted by molar-refractivity contribution is -0.384. The molecular weight excluding hydrogens is 382 g/mol. The van der Waals surface area contributed by atoms with Gasteiger partial charge in [0.05, 0.1) is 17.6 Å². The highest BCUT2D eigenvalue weighted by molar-refractivity contribution is 5.99. The van der Waals surface area contributed by atoms with Gasteiger partial charge in [0.2, 0.25) is 0 Å². The van der Waals surface area contributed by atoms with Gasteiger partial charge in [-0.05, 0) is 30.7 Å². The normalized spacial score (nSPS) is 10.3. The number of nitrogens with zero attached hydrogens (tertiary/aromatic N) is 1. The van der Waals surface area contributed by atoms with Gasteiger partial charge >= 0.3 is 0 Å². The van der Waals surface area contributed by atoms with Crippen LogP contribution in [0.2, 0.25) is 0 Å². The molecular formula is C23H23N3O4.